The van der Waals surface area contributed by atoms with E-state index in [9.17, 15) is 9.00 Å². The number of anilines is 1. The van der Waals surface area contributed by atoms with E-state index in [0.717, 1.165) is 23.5 Å². The molecule has 2 unspecified atom stereocenters. The first-order valence-electron chi connectivity index (χ1n) is 11.1. The van der Waals surface area contributed by atoms with Gasteiger partial charge in [0.25, 0.3) is 0 Å². The Balaban J connectivity index is 1.33. The van der Waals surface area contributed by atoms with Gasteiger partial charge in [-0.3, -0.25) is 4.21 Å². The van der Waals surface area contributed by atoms with Crippen LogP contribution in [0.4, 0.5) is 10.6 Å². The average molecular weight is 471 g/mol. The molecule has 0 spiro atoms. The van der Waals surface area contributed by atoms with Gasteiger partial charge in [0, 0.05) is 54.6 Å². The van der Waals surface area contributed by atoms with Crippen LogP contribution in [0.1, 0.15) is 25.6 Å². The molecular weight excluding hydrogens is 444 g/mol. The first kappa shape index (κ1) is 21.7. The summed E-state index contributed by atoms with van der Waals surface area (Å²) in [5.74, 6) is 3.11. The smallest absolute Gasteiger partial charge is 0.410 e. The van der Waals surface area contributed by atoms with Crippen molar-refractivity contribution in [3.05, 3.63) is 24.5 Å². The number of ether oxygens (including phenoxy) is 1. The van der Waals surface area contributed by atoms with Gasteiger partial charge in [-0.2, -0.15) is 0 Å². The Kier molecular flexibility index (Phi) is 5.92. The molecular formula is C21H26N8O3S. The number of nitrogens with zero attached hydrogens (tertiary/aromatic N) is 7. The summed E-state index contributed by atoms with van der Waals surface area (Å²) in [6, 6.07) is 0.0197. The van der Waals surface area contributed by atoms with Crippen LogP contribution in [0.15, 0.2) is 18.7 Å². The normalized spacial score (nSPS) is 22.7. The van der Waals surface area contributed by atoms with Crippen LogP contribution in [0.2, 0.25) is 0 Å². The zero-order valence-electron chi connectivity index (χ0n) is 18.6. The standard InChI is InChI=1S/C21H26N8O3S/c1-3-29-19(14-8-22-13(2)23-9-14)27-17-18(24-12-25-20(17)29)26-15-4-6-28(10-15)21(30)32-16-5-7-33(31)11-16/h8-9,12,15-16H,3-7,10-11H2,1-2H3,(H,24,25,26)/t15-,16?,33?/m0/s1. The van der Waals surface area contributed by atoms with E-state index in [0.29, 0.717) is 54.7 Å². The summed E-state index contributed by atoms with van der Waals surface area (Å²) in [5, 5.41) is 3.44. The molecule has 0 aliphatic carbocycles. The van der Waals surface area contributed by atoms with Crippen LogP contribution in [-0.2, 0) is 22.1 Å². The maximum atomic E-state index is 12.5. The van der Waals surface area contributed by atoms with E-state index in [2.05, 4.69) is 25.3 Å². The van der Waals surface area contributed by atoms with Crippen LogP contribution in [0.5, 0.6) is 0 Å². The number of nitrogens with one attached hydrogen (secondary N) is 1. The molecule has 2 aliphatic heterocycles. The molecule has 33 heavy (non-hydrogen) atoms. The quantitative estimate of drug-likeness (QED) is 0.593. The van der Waals surface area contributed by atoms with Gasteiger partial charge in [0.1, 0.15) is 24.1 Å². The molecule has 2 fully saturated rings. The van der Waals surface area contributed by atoms with Crippen molar-refractivity contribution < 1.29 is 13.7 Å². The number of carbonyl (C=O) groups excluding carboxylic acids is 1. The van der Waals surface area contributed by atoms with Crippen molar-refractivity contribution in [1.29, 1.82) is 0 Å². The maximum absolute atomic E-state index is 12.5. The summed E-state index contributed by atoms with van der Waals surface area (Å²) < 4.78 is 19.1. The molecule has 3 atom stereocenters. The number of amides is 1. The highest BCUT2D eigenvalue weighted by Gasteiger charge is 2.32. The second-order valence-electron chi connectivity index (χ2n) is 8.27. The molecule has 0 saturated carbocycles. The predicted octanol–water partition coefficient (Wildman–Crippen LogP) is 1.76. The van der Waals surface area contributed by atoms with Crippen molar-refractivity contribution >= 4 is 33.9 Å². The second-order valence-corrected chi connectivity index (χ2v) is 9.90. The zero-order chi connectivity index (χ0) is 22.9. The van der Waals surface area contributed by atoms with E-state index in [4.69, 9.17) is 9.72 Å². The number of fused-ring (bicyclic) bond motifs is 1. The number of aryl methyl sites for hydroxylation is 2. The fourth-order valence-corrected chi connectivity index (χ4v) is 5.60. The Morgan fingerprint density at radius 2 is 2.06 bits per heavy atom. The van der Waals surface area contributed by atoms with Crippen LogP contribution in [-0.4, -0.2) is 81.4 Å². The predicted molar refractivity (Wildman–Crippen MR) is 123 cm³/mol. The second kappa shape index (κ2) is 9.00. The van der Waals surface area contributed by atoms with Crippen molar-refractivity contribution in [2.45, 2.75) is 45.4 Å². The molecule has 2 saturated heterocycles. The van der Waals surface area contributed by atoms with Gasteiger partial charge in [0.2, 0.25) is 0 Å². The maximum Gasteiger partial charge on any atom is 0.410 e. The number of hydrogen-bond acceptors (Lipinski definition) is 9. The molecule has 1 N–H and O–H groups in total. The van der Waals surface area contributed by atoms with Crippen LogP contribution in [0.3, 0.4) is 0 Å². The monoisotopic (exact) mass is 470 g/mol. The van der Waals surface area contributed by atoms with Crippen LogP contribution in [0.25, 0.3) is 22.6 Å². The highest BCUT2D eigenvalue weighted by molar-refractivity contribution is 7.85. The summed E-state index contributed by atoms with van der Waals surface area (Å²) in [6.07, 6.45) is 5.90. The Morgan fingerprint density at radius 3 is 2.79 bits per heavy atom. The molecule has 0 radical (unpaired) electrons. The molecule has 5 heterocycles. The number of carbonyl (C=O) groups is 1. The van der Waals surface area contributed by atoms with Crippen molar-refractivity contribution in [1.82, 2.24) is 34.4 Å². The summed E-state index contributed by atoms with van der Waals surface area (Å²) in [4.78, 5) is 36.5. The van der Waals surface area contributed by atoms with E-state index in [1.54, 1.807) is 17.3 Å². The number of hydrogen-bond donors (Lipinski definition) is 1. The van der Waals surface area contributed by atoms with Crippen molar-refractivity contribution in [2.24, 2.45) is 0 Å². The third-order valence-electron chi connectivity index (χ3n) is 5.98. The van der Waals surface area contributed by atoms with Gasteiger partial charge < -0.3 is 19.5 Å². The summed E-state index contributed by atoms with van der Waals surface area (Å²) in [6.45, 7) is 5.67. The van der Waals surface area contributed by atoms with Crippen molar-refractivity contribution in [3.63, 3.8) is 0 Å². The van der Waals surface area contributed by atoms with Crippen molar-refractivity contribution in [2.75, 3.05) is 29.9 Å². The first-order valence-corrected chi connectivity index (χ1v) is 12.6. The SMILES string of the molecule is CCn1c(-c2cnc(C)nc2)nc2c(N[C@H]3CCN(C(=O)OC4CCS(=O)C4)C3)ncnc21. The highest BCUT2D eigenvalue weighted by atomic mass is 32.2. The van der Waals surface area contributed by atoms with E-state index in [-0.39, 0.29) is 18.2 Å². The lowest BCUT2D eigenvalue weighted by Gasteiger charge is -2.19. The first-order chi connectivity index (χ1) is 16.0. The molecule has 11 nitrogen and oxygen atoms in total. The zero-order valence-corrected chi connectivity index (χ0v) is 19.4. The van der Waals surface area contributed by atoms with Crippen LogP contribution < -0.4 is 5.32 Å². The Morgan fingerprint density at radius 1 is 1.24 bits per heavy atom. The van der Waals surface area contributed by atoms with E-state index in [1.807, 2.05) is 18.4 Å². The molecule has 0 aromatic carbocycles. The third-order valence-corrected chi connectivity index (χ3v) is 7.42. The van der Waals surface area contributed by atoms with Gasteiger partial charge in [-0.1, -0.05) is 0 Å². The lowest BCUT2D eigenvalue weighted by atomic mass is 10.2. The van der Waals surface area contributed by atoms with Gasteiger partial charge in [-0.05, 0) is 26.7 Å². The van der Waals surface area contributed by atoms with Crippen molar-refractivity contribution in [3.8, 4) is 11.4 Å². The lowest BCUT2D eigenvalue weighted by molar-refractivity contribution is 0.0790. The summed E-state index contributed by atoms with van der Waals surface area (Å²) in [5.41, 5.74) is 2.22. The van der Waals surface area contributed by atoms with E-state index < -0.39 is 10.8 Å². The minimum atomic E-state index is -0.873. The molecule has 5 rings (SSSR count). The van der Waals surface area contributed by atoms with Gasteiger partial charge in [-0.25, -0.2) is 29.7 Å². The fourth-order valence-electron chi connectivity index (χ4n) is 4.25. The van der Waals surface area contributed by atoms with E-state index >= 15 is 0 Å². The number of likely N-dealkylation sites (tertiary alicyclic amines) is 1. The Bertz CT molecular complexity index is 1200. The molecule has 3 aromatic rings. The molecule has 1 amide bonds. The average Bonchev–Trinajstić information content (AvgIpc) is 3.53. The Labute approximate surface area is 193 Å². The number of imidazole rings is 1. The van der Waals surface area contributed by atoms with Gasteiger partial charge >= 0.3 is 6.09 Å². The number of rotatable bonds is 5. The molecule has 0 bridgehead atoms. The molecule has 2 aliphatic rings. The minimum absolute atomic E-state index is 0.0197. The van der Waals surface area contributed by atoms with Gasteiger partial charge in [-0.15, -0.1) is 0 Å². The Hall–Kier alpha value is -3.15. The largest absolute Gasteiger partial charge is 0.445 e. The summed E-state index contributed by atoms with van der Waals surface area (Å²) >= 11 is 0. The van der Waals surface area contributed by atoms with Gasteiger partial charge in [0.15, 0.2) is 17.0 Å². The van der Waals surface area contributed by atoms with Crippen LogP contribution in [0, 0.1) is 6.92 Å². The molecule has 3 aromatic heterocycles. The molecule has 174 valence electrons. The lowest BCUT2D eigenvalue weighted by Crippen LogP contribution is -2.34. The third kappa shape index (κ3) is 4.39. The van der Waals surface area contributed by atoms with E-state index in [1.165, 1.54) is 6.33 Å². The highest BCUT2D eigenvalue weighted by Crippen LogP contribution is 2.27. The fraction of sp³-hybridized carbons (Fsp3) is 0.524. The summed E-state index contributed by atoms with van der Waals surface area (Å²) in [7, 11) is -0.873. The molecule has 12 heteroatoms. The minimum Gasteiger partial charge on any atom is -0.445 e. The van der Waals surface area contributed by atoms with Crippen LogP contribution >= 0.6 is 0 Å². The van der Waals surface area contributed by atoms with Gasteiger partial charge in [0.05, 0.1) is 11.3 Å². The number of aromatic nitrogens is 6. The topological polar surface area (TPSA) is 128 Å².